The number of hydrogen-bond acceptors (Lipinski definition) is 6. The number of benzene rings is 2. The van der Waals surface area contributed by atoms with Crippen molar-refractivity contribution in [2.24, 2.45) is 0 Å². The van der Waals surface area contributed by atoms with Gasteiger partial charge in [-0.05, 0) is 69.5 Å². The molecule has 1 atom stereocenters. The van der Waals surface area contributed by atoms with E-state index >= 15 is 0 Å². The van der Waals surface area contributed by atoms with Crippen LogP contribution in [-0.4, -0.2) is 46.1 Å². The maximum Gasteiger partial charge on any atom is 0.237 e. The van der Waals surface area contributed by atoms with Crippen molar-refractivity contribution in [2.75, 3.05) is 30.4 Å². The van der Waals surface area contributed by atoms with Gasteiger partial charge in [-0.15, -0.1) is 10.2 Å². The third-order valence-electron chi connectivity index (χ3n) is 5.56. The summed E-state index contributed by atoms with van der Waals surface area (Å²) in [5.74, 6) is 1.51. The monoisotopic (exact) mass is 451 g/mol. The van der Waals surface area contributed by atoms with Crippen LogP contribution in [-0.2, 0) is 4.79 Å². The van der Waals surface area contributed by atoms with Gasteiger partial charge < -0.3 is 15.0 Å². The lowest BCUT2D eigenvalue weighted by molar-refractivity contribution is -0.115. The molecule has 0 saturated carbocycles. The van der Waals surface area contributed by atoms with Gasteiger partial charge >= 0.3 is 0 Å². The second-order valence-electron chi connectivity index (χ2n) is 7.98. The van der Waals surface area contributed by atoms with E-state index in [1.54, 1.807) is 7.11 Å². The second kappa shape index (κ2) is 10.1. The summed E-state index contributed by atoms with van der Waals surface area (Å²) in [7, 11) is 1.62. The molecule has 1 saturated heterocycles. The van der Waals surface area contributed by atoms with Crippen molar-refractivity contribution < 1.29 is 9.53 Å². The minimum atomic E-state index is -0.347. The molecule has 0 aliphatic carbocycles. The Bertz CT molecular complexity index is 1040. The molecular weight excluding hydrogens is 422 g/mol. The van der Waals surface area contributed by atoms with Crippen LogP contribution in [0.2, 0.25) is 0 Å². The number of aryl methyl sites for hydroxylation is 1. The molecule has 2 aromatic carbocycles. The van der Waals surface area contributed by atoms with Crippen LogP contribution in [0.15, 0.2) is 53.7 Å². The summed E-state index contributed by atoms with van der Waals surface area (Å²) < 4.78 is 7.25. The van der Waals surface area contributed by atoms with Crippen molar-refractivity contribution in [2.45, 2.75) is 43.5 Å². The number of piperidine rings is 1. The summed E-state index contributed by atoms with van der Waals surface area (Å²) in [6, 6.07) is 15.6. The number of carbonyl (C=O) groups is 1. The zero-order valence-corrected chi connectivity index (χ0v) is 19.6. The van der Waals surface area contributed by atoms with Crippen LogP contribution in [0.5, 0.6) is 5.75 Å². The Morgan fingerprint density at radius 2 is 1.72 bits per heavy atom. The average Bonchev–Trinajstić information content (AvgIpc) is 3.24. The predicted molar refractivity (Wildman–Crippen MR) is 129 cm³/mol. The van der Waals surface area contributed by atoms with Gasteiger partial charge in [0.05, 0.1) is 18.0 Å². The van der Waals surface area contributed by atoms with E-state index in [1.165, 1.54) is 23.7 Å². The first-order valence-electron chi connectivity index (χ1n) is 10.9. The first kappa shape index (κ1) is 22.2. The highest BCUT2D eigenvalue weighted by molar-refractivity contribution is 8.00. The Morgan fingerprint density at radius 1 is 1.03 bits per heavy atom. The summed E-state index contributed by atoms with van der Waals surface area (Å²) in [4.78, 5) is 15.1. The summed E-state index contributed by atoms with van der Waals surface area (Å²) >= 11 is 1.42. The van der Waals surface area contributed by atoms with Crippen LogP contribution in [0.4, 0.5) is 11.6 Å². The zero-order chi connectivity index (χ0) is 22.5. The Labute approximate surface area is 193 Å². The van der Waals surface area contributed by atoms with Gasteiger partial charge in [-0.3, -0.25) is 9.36 Å². The number of amides is 1. The summed E-state index contributed by atoms with van der Waals surface area (Å²) in [6.45, 7) is 5.91. The maximum absolute atomic E-state index is 12.8. The lowest BCUT2D eigenvalue weighted by Crippen LogP contribution is -2.31. The van der Waals surface area contributed by atoms with Gasteiger partial charge in [-0.2, -0.15) is 0 Å². The molecule has 1 aliphatic heterocycles. The SMILES string of the molecule is COc1ccc(NC(=O)C(C)Sc2nnc(N3CCCCC3)n2-c2ccc(C)cc2)cc1. The third kappa shape index (κ3) is 5.07. The summed E-state index contributed by atoms with van der Waals surface area (Å²) in [5, 5.41) is 12.3. The molecule has 168 valence electrons. The zero-order valence-electron chi connectivity index (χ0n) is 18.7. The molecule has 3 aromatic rings. The quantitative estimate of drug-likeness (QED) is 0.525. The largest absolute Gasteiger partial charge is 0.497 e. The van der Waals surface area contributed by atoms with Gasteiger partial charge in [0.25, 0.3) is 0 Å². The molecule has 7 nitrogen and oxygen atoms in total. The van der Waals surface area contributed by atoms with Crippen LogP contribution in [0.25, 0.3) is 5.69 Å². The molecule has 0 radical (unpaired) electrons. The number of methoxy groups -OCH3 is 1. The average molecular weight is 452 g/mol. The highest BCUT2D eigenvalue weighted by Gasteiger charge is 2.24. The van der Waals surface area contributed by atoms with Crippen molar-refractivity contribution in [3.63, 3.8) is 0 Å². The number of aromatic nitrogens is 3. The normalized spacial score (nSPS) is 14.8. The van der Waals surface area contributed by atoms with Gasteiger partial charge in [0.1, 0.15) is 5.75 Å². The second-order valence-corrected chi connectivity index (χ2v) is 9.29. The molecular formula is C24H29N5O2S. The minimum Gasteiger partial charge on any atom is -0.497 e. The van der Waals surface area contributed by atoms with Crippen LogP contribution < -0.4 is 15.0 Å². The van der Waals surface area contributed by atoms with E-state index in [2.05, 4.69) is 56.2 Å². The summed E-state index contributed by atoms with van der Waals surface area (Å²) in [6.07, 6.45) is 3.56. The molecule has 1 aliphatic rings. The first-order chi connectivity index (χ1) is 15.5. The van der Waals surface area contributed by atoms with Crippen LogP contribution in [0.1, 0.15) is 31.7 Å². The lowest BCUT2D eigenvalue weighted by Gasteiger charge is -2.28. The smallest absolute Gasteiger partial charge is 0.237 e. The molecule has 1 unspecified atom stereocenters. The van der Waals surface area contributed by atoms with E-state index in [4.69, 9.17) is 4.74 Å². The predicted octanol–water partition coefficient (Wildman–Crippen LogP) is 4.69. The van der Waals surface area contributed by atoms with E-state index < -0.39 is 0 Å². The maximum atomic E-state index is 12.8. The number of carbonyl (C=O) groups excluding carboxylic acids is 1. The van der Waals surface area contributed by atoms with E-state index in [9.17, 15) is 4.79 Å². The Morgan fingerprint density at radius 3 is 2.38 bits per heavy atom. The number of nitrogens with zero attached hydrogens (tertiary/aromatic N) is 4. The van der Waals surface area contributed by atoms with Gasteiger partial charge in [-0.25, -0.2) is 0 Å². The highest BCUT2D eigenvalue weighted by Crippen LogP contribution is 2.31. The number of rotatable bonds is 7. The minimum absolute atomic E-state index is 0.0851. The fourth-order valence-electron chi connectivity index (χ4n) is 3.69. The lowest BCUT2D eigenvalue weighted by atomic mass is 10.1. The van der Waals surface area contributed by atoms with Gasteiger partial charge in [0.15, 0.2) is 5.16 Å². The van der Waals surface area contributed by atoms with Crippen molar-refractivity contribution >= 4 is 29.3 Å². The van der Waals surface area contributed by atoms with E-state index in [1.807, 2.05) is 31.2 Å². The van der Waals surface area contributed by atoms with E-state index in [0.717, 1.165) is 49.0 Å². The van der Waals surface area contributed by atoms with Crippen LogP contribution >= 0.6 is 11.8 Å². The van der Waals surface area contributed by atoms with Crippen LogP contribution in [0.3, 0.4) is 0 Å². The molecule has 32 heavy (non-hydrogen) atoms. The number of hydrogen-bond donors (Lipinski definition) is 1. The number of ether oxygens (including phenoxy) is 1. The number of thioether (sulfide) groups is 1. The van der Waals surface area contributed by atoms with Gasteiger partial charge in [0.2, 0.25) is 11.9 Å². The molecule has 0 spiro atoms. The number of nitrogens with one attached hydrogen (secondary N) is 1. The Hall–Kier alpha value is -3.00. The van der Waals surface area contributed by atoms with E-state index in [-0.39, 0.29) is 11.2 Å². The molecule has 1 aromatic heterocycles. The van der Waals surface area contributed by atoms with Crippen molar-refractivity contribution in [3.8, 4) is 11.4 Å². The fourth-order valence-corrected chi connectivity index (χ4v) is 4.55. The van der Waals surface area contributed by atoms with Gasteiger partial charge in [-0.1, -0.05) is 29.5 Å². The molecule has 1 fully saturated rings. The number of anilines is 2. The first-order valence-corrected chi connectivity index (χ1v) is 11.8. The molecule has 4 rings (SSSR count). The highest BCUT2D eigenvalue weighted by atomic mass is 32.2. The molecule has 8 heteroatoms. The molecule has 1 amide bonds. The molecule has 1 N–H and O–H groups in total. The summed E-state index contributed by atoms with van der Waals surface area (Å²) in [5.41, 5.74) is 2.94. The van der Waals surface area contributed by atoms with Crippen LogP contribution in [0, 0.1) is 6.92 Å². The Kier molecular flexibility index (Phi) is 6.99. The fraction of sp³-hybridized carbons (Fsp3) is 0.375. The Balaban J connectivity index is 1.55. The standard InChI is InChI=1S/C24H29N5O2S/c1-17-7-11-20(12-8-17)29-23(28-15-5-4-6-16-28)26-27-24(29)32-18(2)22(30)25-19-9-13-21(31-3)14-10-19/h7-14,18H,4-6,15-16H2,1-3H3,(H,25,30). The topological polar surface area (TPSA) is 72.3 Å². The van der Waals surface area contributed by atoms with E-state index in [0.29, 0.717) is 5.16 Å². The van der Waals surface area contributed by atoms with Crippen molar-refractivity contribution in [3.05, 3.63) is 54.1 Å². The molecule has 2 heterocycles. The van der Waals surface area contributed by atoms with Crippen molar-refractivity contribution in [1.82, 2.24) is 14.8 Å². The molecule has 0 bridgehead atoms. The van der Waals surface area contributed by atoms with Crippen molar-refractivity contribution in [1.29, 1.82) is 0 Å². The van der Waals surface area contributed by atoms with Gasteiger partial charge in [0, 0.05) is 18.8 Å². The third-order valence-corrected chi connectivity index (χ3v) is 6.60.